The molecule has 1 aromatic heterocycles. The Morgan fingerprint density at radius 1 is 1.08 bits per heavy atom. The van der Waals surface area contributed by atoms with E-state index in [1.807, 2.05) is 30.3 Å². The minimum absolute atomic E-state index is 0.477. The summed E-state index contributed by atoms with van der Waals surface area (Å²) >= 11 is 0. The standard InChI is InChI=1S/C18H17N3O4/c1-24-17(22)19-13-8-9-15-14(11-13)20-16(21(15)18(23)25-2)10-12-6-4-3-5-7-12/h3-9,11H,10H2,1-2H3,(H,19,22). The summed E-state index contributed by atoms with van der Waals surface area (Å²) in [7, 11) is 2.62. The summed E-state index contributed by atoms with van der Waals surface area (Å²) in [5.41, 5.74) is 2.73. The molecule has 1 N–H and O–H groups in total. The molecule has 0 bridgehead atoms. The summed E-state index contributed by atoms with van der Waals surface area (Å²) in [5.74, 6) is 0.559. The summed E-state index contributed by atoms with van der Waals surface area (Å²) in [6.45, 7) is 0. The topological polar surface area (TPSA) is 82.5 Å². The number of benzene rings is 2. The molecule has 0 atom stereocenters. The number of hydrogen-bond acceptors (Lipinski definition) is 5. The molecule has 128 valence electrons. The van der Waals surface area contributed by atoms with Gasteiger partial charge in [0.2, 0.25) is 0 Å². The third-order valence-corrected chi connectivity index (χ3v) is 3.72. The van der Waals surface area contributed by atoms with Crippen LogP contribution in [-0.4, -0.2) is 36.0 Å². The highest BCUT2D eigenvalue weighted by atomic mass is 16.5. The van der Waals surface area contributed by atoms with E-state index in [2.05, 4.69) is 15.0 Å². The van der Waals surface area contributed by atoms with Crippen LogP contribution in [0.3, 0.4) is 0 Å². The van der Waals surface area contributed by atoms with E-state index in [-0.39, 0.29) is 0 Å². The van der Waals surface area contributed by atoms with Crippen molar-refractivity contribution >= 4 is 28.9 Å². The van der Waals surface area contributed by atoms with Crippen LogP contribution in [0.2, 0.25) is 0 Å². The number of imidazole rings is 1. The molecule has 0 radical (unpaired) electrons. The van der Waals surface area contributed by atoms with E-state index in [1.54, 1.807) is 18.2 Å². The molecule has 2 aromatic carbocycles. The quantitative estimate of drug-likeness (QED) is 0.790. The Kier molecular flexibility index (Phi) is 4.65. The van der Waals surface area contributed by atoms with E-state index >= 15 is 0 Å². The van der Waals surface area contributed by atoms with Gasteiger partial charge in [-0.3, -0.25) is 5.32 Å². The second kappa shape index (κ2) is 7.04. The SMILES string of the molecule is COC(=O)Nc1ccc2c(c1)nc(Cc1ccccc1)n2C(=O)OC. The average molecular weight is 339 g/mol. The smallest absolute Gasteiger partial charge is 0.419 e. The van der Waals surface area contributed by atoms with Crippen LogP contribution < -0.4 is 5.32 Å². The van der Waals surface area contributed by atoms with Gasteiger partial charge in [0.1, 0.15) is 5.82 Å². The first kappa shape index (κ1) is 16.5. The van der Waals surface area contributed by atoms with Gasteiger partial charge in [0.05, 0.1) is 25.3 Å². The van der Waals surface area contributed by atoms with Gasteiger partial charge in [0, 0.05) is 12.1 Å². The van der Waals surface area contributed by atoms with Crippen molar-refractivity contribution in [2.45, 2.75) is 6.42 Å². The molecule has 0 spiro atoms. The summed E-state index contributed by atoms with van der Waals surface area (Å²) in [6.07, 6.45) is -0.608. The zero-order chi connectivity index (χ0) is 17.8. The fourth-order valence-electron chi connectivity index (χ4n) is 2.57. The van der Waals surface area contributed by atoms with Gasteiger partial charge >= 0.3 is 12.2 Å². The van der Waals surface area contributed by atoms with Gasteiger partial charge in [-0.2, -0.15) is 0 Å². The molecule has 0 aliphatic carbocycles. The van der Waals surface area contributed by atoms with Crippen LogP contribution in [-0.2, 0) is 15.9 Å². The highest BCUT2D eigenvalue weighted by Gasteiger charge is 2.18. The molecule has 7 heteroatoms. The maximum absolute atomic E-state index is 12.2. The maximum Gasteiger partial charge on any atom is 0.419 e. The van der Waals surface area contributed by atoms with E-state index in [9.17, 15) is 9.59 Å². The first-order valence-corrected chi connectivity index (χ1v) is 7.61. The number of aromatic nitrogens is 2. The predicted molar refractivity (Wildman–Crippen MR) is 92.8 cm³/mol. The molecule has 1 amide bonds. The lowest BCUT2D eigenvalue weighted by Crippen LogP contribution is -2.15. The van der Waals surface area contributed by atoms with Gasteiger partial charge in [0.25, 0.3) is 0 Å². The van der Waals surface area contributed by atoms with Gasteiger partial charge in [-0.1, -0.05) is 30.3 Å². The van der Waals surface area contributed by atoms with Gasteiger partial charge in [-0.05, 0) is 23.8 Å². The van der Waals surface area contributed by atoms with Crippen LogP contribution in [0.1, 0.15) is 11.4 Å². The molecule has 0 unspecified atom stereocenters. The van der Waals surface area contributed by atoms with Crippen LogP contribution in [0, 0.1) is 0 Å². The number of nitrogens with one attached hydrogen (secondary N) is 1. The molecular weight excluding hydrogens is 322 g/mol. The van der Waals surface area contributed by atoms with Crippen LogP contribution >= 0.6 is 0 Å². The Morgan fingerprint density at radius 3 is 2.52 bits per heavy atom. The lowest BCUT2D eigenvalue weighted by Gasteiger charge is -2.07. The van der Waals surface area contributed by atoms with Crippen molar-refractivity contribution in [2.75, 3.05) is 19.5 Å². The van der Waals surface area contributed by atoms with Crippen molar-refractivity contribution in [1.29, 1.82) is 0 Å². The van der Waals surface area contributed by atoms with Crippen LogP contribution in [0.15, 0.2) is 48.5 Å². The number of methoxy groups -OCH3 is 2. The minimum Gasteiger partial charge on any atom is -0.453 e. The van der Waals surface area contributed by atoms with Crippen LogP contribution in [0.4, 0.5) is 15.3 Å². The third-order valence-electron chi connectivity index (χ3n) is 3.72. The van der Waals surface area contributed by atoms with E-state index in [1.165, 1.54) is 18.8 Å². The summed E-state index contributed by atoms with van der Waals surface area (Å²) in [4.78, 5) is 28.1. The lowest BCUT2D eigenvalue weighted by molar-refractivity contribution is 0.173. The highest BCUT2D eigenvalue weighted by Crippen LogP contribution is 2.22. The highest BCUT2D eigenvalue weighted by molar-refractivity contribution is 5.92. The Bertz CT molecular complexity index is 919. The van der Waals surface area contributed by atoms with Crippen molar-refractivity contribution in [3.05, 3.63) is 59.9 Å². The molecule has 3 rings (SSSR count). The number of nitrogens with zero attached hydrogens (tertiary/aromatic N) is 2. The number of amides is 1. The molecule has 25 heavy (non-hydrogen) atoms. The Hall–Kier alpha value is -3.35. The summed E-state index contributed by atoms with van der Waals surface area (Å²) in [5, 5.41) is 2.58. The number of ether oxygens (including phenoxy) is 2. The normalized spacial score (nSPS) is 10.5. The first-order chi connectivity index (χ1) is 12.1. The van der Waals surface area contributed by atoms with E-state index in [0.717, 1.165) is 5.56 Å². The number of fused-ring (bicyclic) bond motifs is 1. The molecule has 0 aliphatic rings. The molecule has 0 aliphatic heterocycles. The van der Waals surface area contributed by atoms with E-state index < -0.39 is 12.2 Å². The average Bonchev–Trinajstić information content (AvgIpc) is 2.98. The lowest BCUT2D eigenvalue weighted by atomic mass is 10.1. The Balaban J connectivity index is 2.05. The second-order valence-electron chi connectivity index (χ2n) is 5.32. The number of anilines is 1. The number of carbonyl (C=O) groups is 2. The fraction of sp³-hybridized carbons (Fsp3) is 0.167. The number of hydrogen-bond donors (Lipinski definition) is 1. The molecule has 7 nitrogen and oxygen atoms in total. The number of carbonyl (C=O) groups excluding carboxylic acids is 2. The van der Waals surface area contributed by atoms with Crippen molar-refractivity contribution in [3.63, 3.8) is 0 Å². The Labute approximate surface area is 144 Å². The molecule has 0 saturated heterocycles. The maximum atomic E-state index is 12.2. The second-order valence-corrected chi connectivity index (χ2v) is 5.32. The van der Waals surface area contributed by atoms with Crippen molar-refractivity contribution in [3.8, 4) is 0 Å². The summed E-state index contributed by atoms with van der Waals surface area (Å²) < 4.78 is 10.9. The van der Waals surface area contributed by atoms with E-state index in [0.29, 0.717) is 29.0 Å². The zero-order valence-corrected chi connectivity index (χ0v) is 13.9. The van der Waals surface area contributed by atoms with Gasteiger partial charge in [-0.25, -0.2) is 19.1 Å². The number of rotatable bonds is 3. The fourth-order valence-corrected chi connectivity index (χ4v) is 2.57. The molecular formula is C18H17N3O4. The largest absolute Gasteiger partial charge is 0.453 e. The van der Waals surface area contributed by atoms with E-state index in [4.69, 9.17) is 4.74 Å². The third kappa shape index (κ3) is 3.45. The summed E-state index contributed by atoms with van der Waals surface area (Å²) in [6, 6.07) is 14.8. The molecule has 0 fully saturated rings. The molecule has 1 heterocycles. The first-order valence-electron chi connectivity index (χ1n) is 7.61. The van der Waals surface area contributed by atoms with Crippen molar-refractivity contribution in [1.82, 2.24) is 9.55 Å². The molecule has 3 aromatic rings. The van der Waals surface area contributed by atoms with Crippen LogP contribution in [0.5, 0.6) is 0 Å². The Morgan fingerprint density at radius 2 is 1.84 bits per heavy atom. The van der Waals surface area contributed by atoms with Crippen LogP contribution in [0.25, 0.3) is 11.0 Å². The monoisotopic (exact) mass is 339 g/mol. The molecule has 0 saturated carbocycles. The van der Waals surface area contributed by atoms with Crippen molar-refractivity contribution in [2.24, 2.45) is 0 Å². The van der Waals surface area contributed by atoms with Gasteiger partial charge < -0.3 is 9.47 Å². The van der Waals surface area contributed by atoms with Crippen molar-refractivity contribution < 1.29 is 19.1 Å². The zero-order valence-electron chi connectivity index (χ0n) is 13.9. The minimum atomic E-state index is -0.573. The predicted octanol–water partition coefficient (Wildman–Crippen LogP) is 3.42. The van der Waals surface area contributed by atoms with Gasteiger partial charge in [0.15, 0.2) is 0 Å². The van der Waals surface area contributed by atoms with Gasteiger partial charge in [-0.15, -0.1) is 0 Å².